The van der Waals surface area contributed by atoms with E-state index in [0.29, 0.717) is 0 Å². The third kappa shape index (κ3) is 4.51. The number of nitrogens with zero attached hydrogens (tertiary/aromatic N) is 1. The van der Waals surface area contributed by atoms with E-state index >= 15 is 0 Å². The number of aromatic nitrogens is 1. The maximum absolute atomic E-state index is 6.82. The Hall–Kier alpha value is -7.82. The van der Waals surface area contributed by atoms with Gasteiger partial charge in [-0.2, -0.15) is 0 Å². The summed E-state index contributed by atoms with van der Waals surface area (Å²) in [5.41, 5.74) is 15.3. The largest absolute Gasteiger partial charge is 0.456 e. The smallest absolute Gasteiger partial charge is 0.159 e. The molecule has 0 spiro atoms. The summed E-state index contributed by atoms with van der Waals surface area (Å²) >= 11 is 0. The van der Waals surface area contributed by atoms with Gasteiger partial charge in [-0.3, -0.25) is 0 Å². The number of hydrogen-bond donors (Lipinski definition) is 0. The number of para-hydroxylation sites is 4. The molecule has 13 rings (SSSR count). The lowest BCUT2D eigenvalue weighted by atomic mass is 9.96. The van der Waals surface area contributed by atoms with Crippen molar-refractivity contribution in [2.45, 2.75) is 0 Å². The fourth-order valence-corrected chi connectivity index (χ4v) is 9.29. The zero-order chi connectivity index (χ0) is 37.9. The molecular formula is C54H31NO3. The molecule has 0 aliphatic heterocycles. The van der Waals surface area contributed by atoms with Gasteiger partial charge in [0.15, 0.2) is 5.58 Å². The molecule has 0 saturated carbocycles. The van der Waals surface area contributed by atoms with Crippen LogP contribution in [0.15, 0.2) is 201 Å². The lowest BCUT2D eigenvalue weighted by Crippen LogP contribution is -1.93. The molecular weight excluding hydrogens is 711 g/mol. The minimum Gasteiger partial charge on any atom is -0.456 e. The topological polar surface area (TPSA) is 44.4 Å². The lowest BCUT2D eigenvalue weighted by molar-refractivity contribution is 0.663. The first-order chi connectivity index (χ1) is 28.7. The van der Waals surface area contributed by atoms with E-state index in [9.17, 15) is 0 Å². The van der Waals surface area contributed by atoms with Crippen molar-refractivity contribution < 1.29 is 13.3 Å². The van der Waals surface area contributed by atoms with E-state index in [-0.39, 0.29) is 0 Å². The highest BCUT2D eigenvalue weighted by atomic mass is 16.3. The van der Waals surface area contributed by atoms with E-state index in [1.54, 1.807) is 0 Å². The van der Waals surface area contributed by atoms with Gasteiger partial charge >= 0.3 is 0 Å². The zero-order valence-corrected chi connectivity index (χ0v) is 31.1. The maximum atomic E-state index is 6.82. The molecule has 0 amide bonds. The average Bonchev–Trinajstić information content (AvgIpc) is 4.04. The number of fused-ring (bicyclic) bond motifs is 12. The molecule has 13 aromatic rings. The van der Waals surface area contributed by atoms with Crippen LogP contribution in [0.3, 0.4) is 0 Å². The molecule has 0 atom stereocenters. The third-order valence-corrected chi connectivity index (χ3v) is 12.0. The van der Waals surface area contributed by atoms with E-state index < -0.39 is 0 Å². The summed E-state index contributed by atoms with van der Waals surface area (Å²) in [5, 5.41) is 8.85. The van der Waals surface area contributed by atoms with E-state index in [0.717, 1.165) is 105 Å². The maximum Gasteiger partial charge on any atom is 0.159 e. The second-order valence-corrected chi connectivity index (χ2v) is 15.2. The van der Waals surface area contributed by atoms with Crippen molar-refractivity contribution in [2.75, 3.05) is 0 Å². The van der Waals surface area contributed by atoms with Crippen LogP contribution in [-0.2, 0) is 0 Å². The van der Waals surface area contributed by atoms with Gasteiger partial charge in [-0.05, 0) is 88.5 Å². The van der Waals surface area contributed by atoms with Crippen LogP contribution in [0.5, 0.6) is 0 Å². The third-order valence-electron chi connectivity index (χ3n) is 12.0. The summed E-state index contributed by atoms with van der Waals surface area (Å²) in [6.07, 6.45) is 0. The molecule has 0 N–H and O–H groups in total. The first-order valence-electron chi connectivity index (χ1n) is 19.7. The van der Waals surface area contributed by atoms with Crippen LogP contribution in [-0.4, -0.2) is 4.57 Å². The summed E-state index contributed by atoms with van der Waals surface area (Å²) in [7, 11) is 0. The Morgan fingerprint density at radius 2 is 0.776 bits per heavy atom. The minimum absolute atomic E-state index is 0.836. The molecule has 4 heteroatoms. The van der Waals surface area contributed by atoms with Crippen LogP contribution in [0.1, 0.15) is 0 Å². The van der Waals surface area contributed by atoms with Crippen LogP contribution in [0, 0.1) is 0 Å². The molecule has 9 aromatic carbocycles. The minimum atomic E-state index is 0.836. The standard InChI is InChI=1S/C54H31NO3/c1-2-11-32(12-3-1)34-23-25-49-42(28-34)43-29-35(24-26-50(43)56-49)33-13-8-14-36(27-33)37-17-9-18-40-44-30-52-45(31-51(44)57-53(37)40)41-19-10-22-48(54(41)58-52)55-46-20-6-4-15-38(46)39-16-5-7-21-47(39)55/h1-31H. The van der Waals surface area contributed by atoms with Gasteiger partial charge in [-0.15, -0.1) is 0 Å². The summed E-state index contributed by atoms with van der Waals surface area (Å²) < 4.78 is 22.2. The molecule has 4 nitrogen and oxygen atoms in total. The van der Waals surface area contributed by atoms with Crippen molar-refractivity contribution in [1.29, 1.82) is 0 Å². The van der Waals surface area contributed by atoms with Gasteiger partial charge in [-0.1, -0.05) is 127 Å². The van der Waals surface area contributed by atoms with Crippen molar-refractivity contribution >= 4 is 87.6 Å². The van der Waals surface area contributed by atoms with Crippen molar-refractivity contribution in [3.63, 3.8) is 0 Å². The van der Waals surface area contributed by atoms with Crippen molar-refractivity contribution in [3.8, 4) is 39.1 Å². The van der Waals surface area contributed by atoms with Gasteiger partial charge in [0.05, 0.1) is 16.7 Å². The number of hydrogen-bond acceptors (Lipinski definition) is 3. The highest BCUT2D eigenvalue weighted by Crippen LogP contribution is 2.43. The monoisotopic (exact) mass is 741 g/mol. The first kappa shape index (κ1) is 31.4. The van der Waals surface area contributed by atoms with E-state index in [4.69, 9.17) is 13.3 Å². The fraction of sp³-hybridized carbons (Fsp3) is 0. The Kier molecular flexibility index (Phi) is 6.41. The summed E-state index contributed by atoms with van der Waals surface area (Å²) in [6.45, 7) is 0. The molecule has 0 saturated heterocycles. The molecule has 58 heavy (non-hydrogen) atoms. The molecule has 0 bridgehead atoms. The second-order valence-electron chi connectivity index (χ2n) is 15.2. The Bertz CT molecular complexity index is 3750. The van der Waals surface area contributed by atoms with Crippen molar-refractivity contribution in [1.82, 2.24) is 4.57 Å². The van der Waals surface area contributed by atoms with Crippen LogP contribution < -0.4 is 0 Å². The predicted octanol–water partition coefficient (Wildman–Crippen LogP) is 15.5. The molecule has 4 aromatic heterocycles. The second kappa shape index (κ2) is 11.8. The quantitative estimate of drug-likeness (QED) is 0.180. The van der Waals surface area contributed by atoms with E-state index in [2.05, 4.69) is 187 Å². The molecule has 0 radical (unpaired) electrons. The summed E-state index contributed by atoms with van der Waals surface area (Å²) in [6, 6.07) is 66.5. The van der Waals surface area contributed by atoms with Crippen LogP contribution in [0.4, 0.5) is 0 Å². The fourth-order valence-electron chi connectivity index (χ4n) is 9.29. The Morgan fingerprint density at radius 3 is 1.48 bits per heavy atom. The Balaban J connectivity index is 0.927. The first-order valence-corrected chi connectivity index (χ1v) is 19.7. The average molecular weight is 742 g/mol. The molecule has 270 valence electrons. The van der Waals surface area contributed by atoms with Gasteiger partial charge < -0.3 is 17.8 Å². The van der Waals surface area contributed by atoms with Crippen LogP contribution in [0.2, 0.25) is 0 Å². The Labute approximate surface area is 331 Å². The van der Waals surface area contributed by atoms with E-state index in [1.807, 2.05) is 6.07 Å². The van der Waals surface area contributed by atoms with Crippen LogP contribution in [0.25, 0.3) is 127 Å². The van der Waals surface area contributed by atoms with Gasteiger partial charge in [0.25, 0.3) is 0 Å². The predicted molar refractivity (Wildman–Crippen MR) is 239 cm³/mol. The summed E-state index contributed by atoms with van der Waals surface area (Å²) in [4.78, 5) is 0. The van der Waals surface area contributed by atoms with Crippen molar-refractivity contribution in [3.05, 3.63) is 188 Å². The van der Waals surface area contributed by atoms with Gasteiger partial charge in [-0.25, -0.2) is 0 Å². The molecule has 0 aliphatic carbocycles. The zero-order valence-electron chi connectivity index (χ0n) is 31.1. The summed E-state index contributed by atoms with van der Waals surface area (Å²) in [5.74, 6) is 0. The molecule has 0 fully saturated rings. The molecule has 4 heterocycles. The highest BCUT2D eigenvalue weighted by molar-refractivity contribution is 6.18. The van der Waals surface area contributed by atoms with Crippen molar-refractivity contribution in [2.24, 2.45) is 0 Å². The van der Waals surface area contributed by atoms with Gasteiger partial charge in [0, 0.05) is 48.7 Å². The highest BCUT2D eigenvalue weighted by Gasteiger charge is 2.20. The number of furan rings is 3. The van der Waals surface area contributed by atoms with Gasteiger partial charge in [0.1, 0.15) is 27.9 Å². The SMILES string of the molecule is c1ccc(-c2ccc3oc4ccc(-c5cccc(-c6cccc7c6oc6cc8c(cc67)oc6c(-n7c9ccccc9c9ccccc97)cccc68)c5)cc4c3c2)cc1. The number of benzene rings is 9. The van der Waals surface area contributed by atoms with Gasteiger partial charge in [0.2, 0.25) is 0 Å². The normalized spacial score (nSPS) is 12.1. The lowest BCUT2D eigenvalue weighted by Gasteiger charge is -2.08. The number of rotatable bonds is 4. The Morgan fingerprint density at radius 1 is 0.276 bits per heavy atom. The van der Waals surface area contributed by atoms with Crippen LogP contribution >= 0.6 is 0 Å². The van der Waals surface area contributed by atoms with E-state index in [1.165, 1.54) is 21.9 Å². The molecule has 0 unspecified atom stereocenters. The molecule has 0 aliphatic rings.